The van der Waals surface area contributed by atoms with Crippen molar-refractivity contribution in [1.29, 1.82) is 0 Å². The van der Waals surface area contributed by atoms with Gasteiger partial charge in [-0.2, -0.15) is 0 Å². The van der Waals surface area contributed by atoms with E-state index in [0.29, 0.717) is 19.3 Å². The molecule has 1 amide bonds. The Morgan fingerprint density at radius 3 is 1.32 bits per heavy atom. The van der Waals surface area contributed by atoms with E-state index in [9.17, 15) is 19.8 Å². The van der Waals surface area contributed by atoms with E-state index in [2.05, 4.69) is 123 Å². The van der Waals surface area contributed by atoms with Gasteiger partial charge in [0.2, 0.25) is 5.91 Å². The molecule has 0 aliphatic carbocycles. The standard InChI is InChI=1S/C60H101NO5/c1-4-7-10-13-16-19-22-24-26-28-29-31-33-35-38-41-44-47-50-53-60(65)66-56(51-48-45-42-39-37-34-32-30-27-25-23-20-17-14-11-8-5-2)54-59(64)61-57(55-62)58(63)52-49-46-43-40-36-21-18-15-12-9-6-3/h8,11,16-17,19-20,24-27,29,31-32,34,39,42,48,51,56-58,62-63H,4-7,9-10,12-15,18,21-23,28,30,33,35-38,40-41,43-47,49-50,52-55H2,1-3H3,(H,61,64)/b11-8-,19-16-,20-17-,26-24-,27-25-,31-29-,34-32-,42-39-,51-48-. The molecule has 0 aromatic heterocycles. The molecule has 3 unspecified atom stereocenters. The number of unbranched alkanes of at least 4 members (excludes halogenated alkanes) is 19. The number of esters is 1. The molecule has 0 fully saturated rings. The Labute approximate surface area is 407 Å². The molecule has 0 aromatic carbocycles. The molecule has 0 heterocycles. The largest absolute Gasteiger partial charge is 0.458 e. The normalized spacial score (nSPS) is 14.1. The lowest BCUT2D eigenvalue weighted by atomic mass is 10.0. The monoisotopic (exact) mass is 916 g/mol. The van der Waals surface area contributed by atoms with E-state index >= 15 is 0 Å². The van der Waals surface area contributed by atoms with E-state index in [0.717, 1.165) is 96.3 Å². The van der Waals surface area contributed by atoms with Crippen molar-refractivity contribution >= 4 is 11.9 Å². The fraction of sp³-hybridized carbons (Fsp3) is 0.667. The van der Waals surface area contributed by atoms with Gasteiger partial charge < -0.3 is 20.3 Å². The van der Waals surface area contributed by atoms with Crippen molar-refractivity contribution in [2.45, 2.75) is 251 Å². The van der Waals surface area contributed by atoms with Gasteiger partial charge in [0.25, 0.3) is 0 Å². The number of hydrogen-bond acceptors (Lipinski definition) is 5. The molecule has 0 saturated carbocycles. The topological polar surface area (TPSA) is 95.9 Å². The third-order valence-corrected chi connectivity index (χ3v) is 11.6. The van der Waals surface area contributed by atoms with Crippen molar-refractivity contribution in [2.24, 2.45) is 0 Å². The van der Waals surface area contributed by atoms with Crippen molar-refractivity contribution in [3.8, 4) is 0 Å². The molecule has 3 atom stereocenters. The van der Waals surface area contributed by atoms with Gasteiger partial charge in [-0.05, 0) is 96.0 Å². The average Bonchev–Trinajstić information content (AvgIpc) is 3.31. The first kappa shape index (κ1) is 62.5. The number of hydrogen-bond donors (Lipinski definition) is 3. The molecule has 0 radical (unpaired) electrons. The molecular weight excluding hydrogens is 815 g/mol. The van der Waals surface area contributed by atoms with Crippen LogP contribution >= 0.6 is 0 Å². The van der Waals surface area contributed by atoms with Gasteiger partial charge in [0.1, 0.15) is 6.10 Å². The van der Waals surface area contributed by atoms with Crippen LogP contribution in [0.25, 0.3) is 0 Å². The van der Waals surface area contributed by atoms with Crippen molar-refractivity contribution in [1.82, 2.24) is 5.32 Å². The summed E-state index contributed by atoms with van der Waals surface area (Å²) < 4.78 is 5.83. The Kier molecular flexibility index (Phi) is 49.7. The second-order valence-electron chi connectivity index (χ2n) is 17.9. The maximum absolute atomic E-state index is 13.2. The fourth-order valence-electron chi connectivity index (χ4n) is 7.49. The van der Waals surface area contributed by atoms with Gasteiger partial charge >= 0.3 is 5.97 Å². The van der Waals surface area contributed by atoms with Crippen molar-refractivity contribution in [2.75, 3.05) is 6.61 Å². The predicted molar refractivity (Wildman–Crippen MR) is 287 cm³/mol. The zero-order valence-electron chi connectivity index (χ0n) is 42.8. The SMILES string of the molecule is CC/C=C\C/C=C\C/C=C\C/C=C\C/C=C\C/C=C\C(CC(=O)NC(CO)C(O)CCCCCCCCCCCCC)OC(=O)CCCCCCCC/C=C\C/C=C\C/C=C\CCCCC. The number of ether oxygens (including phenoxy) is 1. The fourth-order valence-corrected chi connectivity index (χ4v) is 7.49. The first-order chi connectivity index (χ1) is 32.5. The number of allylic oxidation sites excluding steroid dienone is 17. The van der Waals surface area contributed by atoms with E-state index in [-0.39, 0.29) is 24.9 Å². The number of amides is 1. The molecule has 0 aromatic rings. The lowest BCUT2D eigenvalue weighted by molar-refractivity contribution is -0.148. The summed E-state index contributed by atoms with van der Waals surface area (Å²) in [6.45, 7) is 6.29. The molecule has 6 heteroatoms. The zero-order valence-corrected chi connectivity index (χ0v) is 42.8. The molecule has 0 saturated heterocycles. The molecule has 376 valence electrons. The summed E-state index contributed by atoms with van der Waals surface area (Å²) in [5.41, 5.74) is 0. The highest BCUT2D eigenvalue weighted by atomic mass is 16.5. The molecule has 6 nitrogen and oxygen atoms in total. The first-order valence-corrected chi connectivity index (χ1v) is 27.1. The quantitative estimate of drug-likeness (QED) is 0.0321. The Bertz CT molecular complexity index is 1350. The molecule has 0 bridgehead atoms. The number of rotatable bonds is 47. The van der Waals surface area contributed by atoms with Crippen LogP contribution in [-0.4, -0.2) is 46.9 Å². The molecule has 3 N–H and O–H groups in total. The minimum Gasteiger partial charge on any atom is -0.458 e. The molecule has 0 spiro atoms. The van der Waals surface area contributed by atoms with Crippen molar-refractivity contribution in [3.63, 3.8) is 0 Å². The molecule has 66 heavy (non-hydrogen) atoms. The molecule has 0 rings (SSSR count). The van der Waals surface area contributed by atoms with Crippen LogP contribution in [-0.2, 0) is 14.3 Å². The summed E-state index contributed by atoms with van der Waals surface area (Å²) in [5.74, 6) is -0.652. The Morgan fingerprint density at radius 2 is 0.848 bits per heavy atom. The Hall–Kier alpha value is -3.48. The van der Waals surface area contributed by atoms with Gasteiger partial charge in [0.15, 0.2) is 0 Å². The van der Waals surface area contributed by atoms with Crippen molar-refractivity contribution in [3.05, 3.63) is 109 Å². The van der Waals surface area contributed by atoms with Gasteiger partial charge in [0.05, 0.1) is 25.2 Å². The smallest absolute Gasteiger partial charge is 0.306 e. The maximum atomic E-state index is 13.2. The summed E-state index contributed by atoms with van der Waals surface area (Å²) in [7, 11) is 0. The van der Waals surface area contributed by atoms with Crippen LogP contribution in [0.15, 0.2) is 109 Å². The number of carbonyl (C=O) groups is 2. The van der Waals surface area contributed by atoms with E-state index in [1.807, 2.05) is 6.08 Å². The second kappa shape index (κ2) is 52.5. The maximum Gasteiger partial charge on any atom is 0.306 e. The van der Waals surface area contributed by atoms with E-state index in [1.165, 1.54) is 89.9 Å². The van der Waals surface area contributed by atoms with Crippen LogP contribution in [0.1, 0.15) is 233 Å². The van der Waals surface area contributed by atoms with Gasteiger partial charge in [-0.15, -0.1) is 0 Å². The highest BCUT2D eigenvalue weighted by Crippen LogP contribution is 2.15. The first-order valence-electron chi connectivity index (χ1n) is 27.1. The summed E-state index contributed by atoms with van der Waals surface area (Å²) >= 11 is 0. The van der Waals surface area contributed by atoms with Gasteiger partial charge in [0, 0.05) is 6.42 Å². The van der Waals surface area contributed by atoms with E-state index < -0.39 is 18.2 Å². The summed E-state index contributed by atoms with van der Waals surface area (Å²) in [5, 5.41) is 23.7. The highest BCUT2D eigenvalue weighted by molar-refractivity contribution is 5.78. The lowest BCUT2D eigenvalue weighted by Crippen LogP contribution is -2.46. The minimum absolute atomic E-state index is 0.0587. The molecule has 0 aliphatic rings. The number of carbonyl (C=O) groups excluding carboxylic acids is 2. The average molecular weight is 916 g/mol. The molecular formula is C60H101NO5. The van der Waals surface area contributed by atoms with Gasteiger partial charge in [-0.25, -0.2) is 0 Å². The lowest BCUT2D eigenvalue weighted by Gasteiger charge is -2.23. The van der Waals surface area contributed by atoms with Crippen LogP contribution in [0.4, 0.5) is 0 Å². The van der Waals surface area contributed by atoms with Crippen LogP contribution < -0.4 is 5.32 Å². The zero-order chi connectivity index (χ0) is 48.1. The van der Waals surface area contributed by atoms with Crippen molar-refractivity contribution < 1.29 is 24.5 Å². The highest BCUT2D eigenvalue weighted by Gasteiger charge is 2.23. The predicted octanol–water partition coefficient (Wildman–Crippen LogP) is 16.7. The van der Waals surface area contributed by atoms with E-state index in [1.54, 1.807) is 6.08 Å². The Morgan fingerprint density at radius 1 is 0.470 bits per heavy atom. The van der Waals surface area contributed by atoms with Crippen LogP contribution in [0.5, 0.6) is 0 Å². The number of aliphatic hydroxyl groups is 2. The summed E-state index contributed by atoms with van der Waals surface area (Å²) in [4.78, 5) is 26.1. The minimum atomic E-state index is -0.828. The Balaban J connectivity index is 4.78. The third-order valence-electron chi connectivity index (χ3n) is 11.6. The summed E-state index contributed by atoms with van der Waals surface area (Å²) in [6, 6.07) is -0.752. The number of nitrogens with one attached hydrogen (secondary N) is 1. The van der Waals surface area contributed by atoms with Crippen LogP contribution in [0, 0.1) is 0 Å². The third kappa shape index (κ3) is 47.0. The van der Waals surface area contributed by atoms with Gasteiger partial charge in [-0.3, -0.25) is 9.59 Å². The van der Waals surface area contributed by atoms with E-state index in [4.69, 9.17) is 4.74 Å². The van der Waals surface area contributed by atoms with Crippen LogP contribution in [0.2, 0.25) is 0 Å². The van der Waals surface area contributed by atoms with Gasteiger partial charge in [-0.1, -0.05) is 233 Å². The van der Waals surface area contributed by atoms with Crippen LogP contribution in [0.3, 0.4) is 0 Å². The summed E-state index contributed by atoms with van der Waals surface area (Å²) in [6.07, 6.45) is 71.8. The second-order valence-corrected chi connectivity index (χ2v) is 17.9. The molecule has 0 aliphatic heterocycles. The number of aliphatic hydroxyl groups excluding tert-OH is 2.